The molecule has 4 aliphatic heterocycles. The first kappa shape index (κ1) is 16.4. The number of fused-ring (bicyclic) bond motifs is 3. The fourth-order valence-corrected chi connectivity index (χ4v) is 5.48. The van der Waals surface area contributed by atoms with Gasteiger partial charge in [-0.2, -0.15) is 0 Å². The van der Waals surface area contributed by atoms with Crippen molar-refractivity contribution < 1.29 is 4.79 Å². The van der Waals surface area contributed by atoms with E-state index in [1.807, 2.05) is 23.9 Å². The lowest BCUT2D eigenvalue weighted by molar-refractivity contribution is 0.0620. The van der Waals surface area contributed by atoms with Crippen LogP contribution in [-0.2, 0) is 0 Å². The number of carbonyl (C=O) groups excluding carboxylic acids is 1. The van der Waals surface area contributed by atoms with Crippen LogP contribution in [0.15, 0.2) is 29.2 Å². The summed E-state index contributed by atoms with van der Waals surface area (Å²) in [7, 11) is 0. The first-order valence-electron chi connectivity index (χ1n) is 9.21. The van der Waals surface area contributed by atoms with Gasteiger partial charge in [-0.05, 0) is 69.5 Å². The highest BCUT2D eigenvalue weighted by Gasteiger charge is 2.34. The Morgan fingerprint density at radius 3 is 2.58 bits per heavy atom. The summed E-state index contributed by atoms with van der Waals surface area (Å²) in [6.45, 7) is 6.75. The molecule has 24 heavy (non-hydrogen) atoms. The molecule has 4 saturated heterocycles. The summed E-state index contributed by atoms with van der Waals surface area (Å²) in [5, 5.41) is 7.40. The van der Waals surface area contributed by atoms with Crippen molar-refractivity contribution in [3.8, 4) is 0 Å². The summed E-state index contributed by atoms with van der Waals surface area (Å²) in [5.74, 6) is 0.757. The molecule has 1 aromatic rings. The van der Waals surface area contributed by atoms with E-state index >= 15 is 0 Å². The van der Waals surface area contributed by atoms with Gasteiger partial charge in [-0.1, -0.05) is 0 Å². The number of piperidine rings is 3. The third kappa shape index (κ3) is 3.63. The summed E-state index contributed by atoms with van der Waals surface area (Å²) in [6, 6.07) is 9.10. The minimum absolute atomic E-state index is 0.0847. The molecule has 0 saturated carbocycles. The third-order valence-corrected chi connectivity index (χ3v) is 6.94. The van der Waals surface area contributed by atoms with E-state index in [0.29, 0.717) is 23.3 Å². The van der Waals surface area contributed by atoms with Gasteiger partial charge in [0.05, 0.1) is 0 Å². The van der Waals surface area contributed by atoms with Gasteiger partial charge in [-0.3, -0.25) is 4.79 Å². The maximum absolute atomic E-state index is 12.5. The Morgan fingerprint density at radius 1 is 1.25 bits per heavy atom. The molecule has 2 N–H and O–H groups in total. The molecule has 1 amide bonds. The molecule has 0 spiro atoms. The topological polar surface area (TPSA) is 44.4 Å². The van der Waals surface area contributed by atoms with Crippen molar-refractivity contribution in [2.75, 3.05) is 26.2 Å². The molecule has 0 aliphatic carbocycles. The van der Waals surface area contributed by atoms with Crippen LogP contribution in [0.5, 0.6) is 0 Å². The summed E-state index contributed by atoms with van der Waals surface area (Å²) in [6.07, 6.45) is 3.68. The van der Waals surface area contributed by atoms with Crippen LogP contribution in [0.3, 0.4) is 0 Å². The van der Waals surface area contributed by atoms with Gasteiger partial charge in [0.15, 0.2) is 0 Å². The van der Waals surface area contributed by atoms with Crippen LogP contribution < -0.4 is 10.6 Å². The van der Waals surface area contributed by atoms with Crippen molar-refractivity contribution >= 4 is 17.7 Å². The molecule has 0 aromatic heterocycles. The predicted octanol–water partition coefficient (Wildman–Crippen LogP) is 2.35. The second-order valence-electron chi connectivity index (χ2n) is 7.53. The van der Waals surface area contributed by atoms with E-state index < -0.39 is 0 Å². The van der Waals surface area contributed by atoms with Crippen LogP contribution in [0, 0.1) is 5.92 Å². The second-order valence-corrected chi connectivity index (χ2v) is 8.90. The average Bonchev–Trinajstić information content (AvgIpc) is 3.01. The molecule has 1 aromatic carbocycles. The quantitative estimate of drug-likeness (QED) is 0.879. The fraction of sp³-hybridized carbons (Fsp3) is 0.632. The molecule has 4 heterocycles. The molecular formula is C19H27N3OS. The smallest absolute Gasteiger partial charge is 0.251 e. The Morgan fingerprint density at radius 2 is 2.00 bits per heavy atom. The van der Waals surface area contributed by atoms with Gasteiger partial charge in [-0.25, -0.2) is 0 Å². The zero-order valence-corrected chi connectivity index (χ0v) is 15.1. The molecule has 4 fully saturated rings. The lowest BCUT2D eigenvalue weighted by atomic mass is 9.84. The predicted molar refractivity (Wildman–Crippen MR) is 98.6 cm³/mol. The van der Waals surface area contributed by atoms with E-state index in [-0.39, 0.29) is 5.91 Å². The molecule has 5 heteroatoms. The van der Waals surface area contributed by atoms with Crippen molar-refractivity contribution in [1.82, 2.24) is 15.5 Å². The normalized spacial score (nSPS) is 35.1. The highest BCUT2D eigenvalue weighted by molar-refractivity contribution is 8.00. The largest absolute Gasteiger partial charge is 0.348 e. The number of nitrogens with one attached hydrogen (secondary N) is 2. The summed E-state index contributed by atoms with van der Waals surface area (Å²) in [4.78, 5) is 16.3. The summed E-state index contributed by atoms with van der Waals surface area (Å²) in [5.41, 5.74) is 0.786. The standard InChI is InChI=1S/C19H27N3OS/c1-13-10-17(11-20-13)24-16-4-2-15(3-5-16)19(23)21-18-12-22-8-6-14(18)7-9-22/h2-5,13-14,17-18,20H,6-12H2,1H3,(H,21,23)/t13?,17?,18-/m0/s1. The highest BCUT2D eigenvalue weighted by Crippen LogP contribution is 2.30. The van der Waals surface area contributed by atoms with Crippen LogP contribution in [0.2, 0.25) is 0 Å². The minimum Gasteiger partial charge on any atom is -0.348 e. The van der Waals surface area contributed by atoms with Gasteiger partial charge in [0.25, 0.3) is 5.91 Å². The molecule has 2 unspecified atom stereocenters. The van der Waals surface area contributed by atoms with Crippen LogP contribution in [0.4, 0.5) is 0 Å². The zero-order valence-electron chi connectivity index (χ0n) is 14.3. The van der Waals surface area contributed by atoms with Crippen molar-refractivity contribution in [3.63, 3.8) is 0 Å². The van der Waals surface area contributed by atoms with Gasteiger partial charge in [0, 0.05) is 40.9 Å². The van der Waals surface area contributed by atoms with Crippen LogP contribution >= 0.6 is 11.8 Å². The molecule has 0 radical (unpaired) electrons. The van der Waals surface area contributed by atoms with E-state index in [4.69, 9.17) is 0 Å². The number of hydrogen-bond donors (Lipinski definition) is 2. The molecule has 2 bridgehead atoms. The van der Waals surface area contributed by atoms with Gasteiger partial charge < -0.3 is 15.5 Å². The van der Waals surface area contributed by atoms with Crippen molar-refractivity contribution in [2.24, 2.45) is 5.92 Å². The molecule has 4 nitrogen and oxygen atoms in total. The minimum atomic E-state index is 0.0847. The Hall–Kier alpha value is -1.04. The highest BCUT2D eigenvalue weighted by atomic mass is 32.2. The Balaban J connectivity index is 1.33. The number of amides is 1. The lowest BCUT2D eigenvalue weighted by Gasteiger charge is -2.44. The lowest BCUT2D eigenvalue weighted by Crippen LogP contribution is -2.57. The van der Waals surface area contributed by atoms with E-state index in [0.717, 1.165) is 18.7 Å². The van der Waals surface area contributed by atoms with Crippen molar-refractivity contribution in [1.29, 1.82) is 0 Å². The summed E-state index contributed by atoms with van der Waals surface area (Å²) < 4.78 is 0. The summed E-state index contributed by atoms with van der Waals surface area (Å²) >= 11 is 1.92. The van der Waals surface area contributed by atoms with Gasteiger partial charge in [0.2, 0.25) is 0 Å². The van der Waals surface area contributed by atoms with Crippen molar-refractivity contribution in [2.45, 2.75) is 48.4 Å². The van der Waals surface area contributed by atoms with Crippen LogP contribution in [0.25, 0.3) is 0 Å². The average molecular weight is 346 g/mol. The van der Waals surface area contributed by atoms with Gasteiger partial charge >= 0.3 is 0 Å². The maximum Gasteiger partial charge on any atom is 0.251 e. The zero-order chi connectivity index (χ0) is 16.5. The number of hydrogen-bond acceptors (Lipinski definition) is 4. The van der Waals surface area contributed by atoms with Gasteiger partial charge in [0.1, 0.15) is 0 Å². The fourth-order valence-electron chi connectivity index (χ4n) is 4.24. The number of benzene rings is 1. The number of thioether (sulfide) groups is 1. The second kappa shape index (κ2) is 7.06. The van der Waals surface area contributed by atoms with Crippen molar-refractivity contribution in [3.05, 3.63) is 29.8 Å². The van der Waals surface area contributed by atoms with Crippen LogP contribution in [0.1, 0.15) is 36.5 Å². The van der Waals surface area contributed by atoms with Crippen LogP contribution in [-0.4, -0.2) is 54.3 Å². The molecular weight excluding hydrogens is 318 g/mol. The number of nitrogens with zero attached hydrogens (tertiary/aromatic N) is 1. The van der Waals surface area contributed by atoms with E-state index in [1.54, 1.807) is 0 Å². The van der Waals surface area contributed by atoms with Gasteiger partial charge in [-0.15, -0.1) is 11.8 Å². The number of rotatable bonds is 4. The monoisotopic (exact) mass is 345 g/mol. The third-order valence-electron chi connectivity index (χ3n) is 5.70. The SMILES string of the molecule is CC1CC(Sc2ccc(C(=O)N[C@H]3CN4CCC3CC4)cc2)CN1. The first-order valence-corrected chi connectivity index (χ1v) is 10.1. The Bertz CT molecular complexity index is 583. The maximum atomic E-state index is 12.5. The molecule has 130 valence electrons. The molecule has 5 rings (SSSR count). The first-order chi connectivity index (χ1) is 11.7. The molecule has 4 aliphatic rings. The number of carbonyl (C=O) groups is 1. The van der Waals surface area contributed by atoms with E-state index in [9.17, 15) is 4.79 Å². The Labute approximate surface area is 148 Å². The Kier molecular flexibility index (Phi) is 4.83. The van der Waals surface area contributed by atoms with E-state index in [1.165, 1.54) is 37.2 Å². The molecule has 3 atom stereocenters. The van der Waals surface area contributed by atoms with E-state index in [2.05, 4.69) is 34.6 Å².